The topological polar surface area (TPSA) is 97.3 Å². The molecule has 0 saturated carbocycles. The minimum absolute atomic E-state index is 0.459. The maximum Gasteiger partial charge on any atom is 0.229 e. The molecule has 9 nitrogen and oxygen atoms in total. The monoisotopic (exact) mass is 409 g/mol. The Morgan fingerprint density at radius 2 is 1.67 bits per heavy atom. The van der Waals surface area contributed by atoms with E-state index >= 15 is 0 Å². The van der Waals surface area contributed by atoms with Crippen molar-refractivity contribution in [3.63, 3.8) is 0 Å². The fraction of sp³-hybridized carbons (Fsp3) is 0.333. The van der Waals surface area contributed by atoms with E-state index in [9.17, 15) is 0 Å². The van der Waals surface area contributed by atoms with Gasteiger partial charge in [-0.1, -0.05) is 0 Å². The largest absolute Gasteiger partial charge is 0.497 e. The summed E-state index contributed by atoms with van der Waals surface area (Å²) >= 11 is 0. The standard InChI is InChI=1S/C21H27N7O2/c1-28(2)7-5-6-24-20-19(15-11-22-14-23-12-15)13-25-21(27-20)26-16-8-17(29-3)10-18(9-16)30-4/h8-14H,5-7H2,1-4H3,(H2,24,25,26,27). The first kappa shape index (κ1) is 21.3. The molecule has 0 radical (unpaired) electrons. The molecule has 30 heavy (non-hydrogen) atoms. The lowest BCUT2D eigenvalue weighted by Crippen LogP contribution is -2.17. The highest BCUT2D eigenvalue weighted by atomic mass is 16.5. The Kier molecular flexibility index (Phi) is 7.34. The average Bonchev–Trinajstić information content (AvgIpc) is 2.77. The predicted molar refractivity (Wildman–Crippen MR) is 118 cm³/mol. The Morgan fingerprint density at radius 3 is 2.30 bits per heavy atom. The molecule has 2 heterocycles. The van der Waals surface area contributed by atoms with Crippen molar-refractivity contribution in [2.45, 2.75) is 6.42 Å². The lowest BCUT2D eigenvalue weighted by Gasteiger charge is -2.15. The normalized spacial score (nSPS) is 10.7. The van der Waals surface area contributed by atoms with Crippen LogP contribution >= 0.6 is 0 Å². The number of aromatic nitrogens is 4. The minimum Gasteiger partial charge on any atom is -0.497 e. The quantitative estimate of drug-likeness (QED) is 0.490. The van der Waals surface area contributed by atoms with E-state index in [4.69, 9.17) is 9.47 Å². The molecule has 0 unspecified atom stereocenters. The van der Waals surface area contributed by atoms with Crippen LogP contribution in [-0.2, 0) is 0 Å². The van der Waals surface area contributed by atoms with Gasteiger partial charge >= 0.3 is 0 Å². The third-order valence-corrected chi connectivity index (χ3v) is 4.34. The van der Waals surface area contributed by atoms with Crippen LogP contribution in [0.5, 0.6) is 11.5 Å². The minimum atomic E-state index is 0.459. The van der Waals surface area contributed by atoms with Crippen molar-refractivity contribution < 1.29 is 9.47 Å². The molecule has 0 spiro atoms. The van der Waals surface area contributed by atoms with Gasteiger partial charge in [-0.2, -0.15) is 4.98 Å². The van der Waals surface area contributed by atoms with Gasteiger partial charge in [-0.05, 0) is 27.1 Å². The maximum absolute atomic E-state index is 5.33. The molecular weight excluding hydrogens is 382 g/mol. The zero-order valence-corrected chi connectivity index (χ0v) is 17.7. The lowest BCUT2D eigenvalue weighted by atomic mass is 10.1. The summed E-state index contributed by atoms with van der Waals surface area (Å²) in [5, 5.41) is 6.64. The van der Waals surface area contributed by atoms with Gasteiger partial charge in [-0.3, -0.25) is 0 Å². The molecule has 158 valence electrons. The second-order valence-electron chi connectivity index (χ2n) is 6.89. The third-order valence-electron chi connectivity index (χ3n) is 4.34. The summed E-state index contributed by atoms with van der Waals surface area (Å²) in [5.74, 6) is 2.53. The van der Waals surface area contributed by atoms with Crippen LogP contribution in [0.15, 0.2) is 43.1 Å². The molecule has 0 saturated heterocycles. The number of nitrogens with one attached hydrogen (secondary N) is 2. The Balaban J connectivity index is 1.86. The summed E-state index contributed by atoms with van der Waals surface area (Å²) in [6.45, 7) is 1.76. The second-order valence-corrected chi connectivity index (χ2v) is 6.89. The van der Waals surface area contributed by atoms with Gasteiger partial charge in [0.25, 0.3) is 0 Å². The average molecular weight is 409 g/mol. The molecule has 0 fully saturated rings. The number of nitrogens with zero attached hydrogens (tertiary/aromatic N) is 5. The van der Waals surface area contributed by atoms with Crippen LogP contribution < -0.4 is 20.1 Å². The van der Waals surface area contributed by atoms with Crippen molar-refractivity contribution in [1.82, 2.24) is 24.8 Å². The lowest BCUT2D eigenvalue weighted by molar-refractivity contribution is 0.395. The van der Waals surface area contributed by atoms with Crippen molar-refractivity contribution in [3.8, 4) is 22.6 Å². The number of methoxy groups -OCH3 is 2. The van der Waals surface area contributed by atoms with E-state index in [0.717, 1.165) is 42.1 Å². The molecule has 3 aromatic rings. The third kappa shape index (κ3) is 5.77. The van der Waals surface area contributed by atoms with Crippen LogP contribution in [-0.4, -0.2) is 66.2 Å². The van der Waals surface area contributed by atoms with Crippen LogP contribution in [0.1, 0.15) is 6.42 Å². The highest BCUT2D eigenvalue weighted by Crippen LogP contribution is 2.29. The van der Waals surface area contributed by atoms with E-state index in [1.165, 1.54) is 6.33 Å². The summed E-state index contributed by atoms with van der Waals surface area (Å²) in [4.78, 5) is 19.5. The van der Waals surface area contributed by atoms with Crippen LogP contribution in [0.3, 0.4) is 0 Å². The van der Waals surface area contributed by atoms with Crippen LogP contribution in [0.4, 0.5) is 17.5 Å². The van der Waals surface area contributed by atoms with Gasteiger partial charge in [0.1, 0.15) is 23.6 Å². The molecule has 3 rings (SSSR count). The summed E-state index contributed by atoms with van der Waals surface area (Å²) in [6, 6.07) is 5.52. The number of benzene rings is 1. The number of anilines is 3. The fourth-order valence-electron chi connectivity index (χ4n) is 2.84. The SMILES string of the molecule is COc1cc(Nc2ncc(-c3cncnc3)c(NCCCN(C)C)n2)cc(OC)c1. The van der Waals surface area contributed by atoms with Gasteiger partial charge in [-0.15, -0.1) is 0 Å². The van der Waals surface area contributed by atoms with E-state index in [1.54, 1.807) is 32.8 Å². The number of hydrogen-bond donors (Lipinski definition) is 2. The highest BCUT2D eigenvalue weighted by molar-refractivity contribution is 5.74. The molecule has 9 heteroatoms. The molecule has 0 bridgehead atoms. The Hall–Kier alpha value is -3.46. The van der Waals surface area contributed by atoms with E-state index in [0.29, 0.717) is 17.4 Å². The van der Waals surface area contributed by atoms with E-state index in [2.05, 4.69) is 49.6 Å². The summed E-state index contributed by atoms with van der Waals surface area (Å²) in [5.41, 5.74) is 2.46. The Morgan fingerprint density at radius 1 is 0.967 bits per heavy atom. The number of hydrogen-bond acceptors (Lipinski definition) is 9. The van der Waals surface area contributed by atoms with Gasteiger partial charge in [0.2, 0.25) is 5.95 Å². The van der Waals surface area contributed by atoms with Crippen molar-refractivity contribution in [2.75, 3.05) is 52.0 Å². The van der Waals surface area contributed by atoms with Gasteiger partial charge in [0.15, 0.2) is 0 Å². The van der Waals surface area contributed by atoms with Crippen LogP contribution in [0.2, 0.25) is 0 Å². The summed E-state index contributed by atoms with van der Waals surface area (Å²) < 4.78 is 10.7. The molecule has 2 aromatic heterocycles. The Labute approximate surface area is 176 Å². The van der Waals surface area contributed by atoms with E-state index < -0.39 is 0 Å². The van der Waals surface area contributed by atoms with Crippen molar-refractivity contribution >= 4 is 17.5 Å². The Bertz CT molecular complexity index is 929. The van der Waals surface area contributed by atoms with Gasteiger partial charge in [0, 0.05) is 60.1 Å². The van der Waals surface area contributed by atoms with Crippen molar-refractivity contribution in [3.05, 3.63) is 43.1 Å². The van der Waals surface area contributed by atoms with E-state index in [-0.39, 0.29) is 0 Å². The first-order valence-electron chi connectivity index (χ1n) is 9.60. The van der Waals surface area contributed by atoms with Gasteiger partial charge in [-0.25, -0.2) is 15.0 Å². The van der Waals surface area contributed by atoms with Crippen molar-refractivity contribution in [2.24, 2.45) is 0 Å². The molecule has 1 aromatic carbocycles. The summed E-state index contributed by atoms with van der Waals surface area (Å²) in [7, 11) is 7.34. The molecular formula is C21H27N7O2. The number of rotatable bonds is 10. The molecule has 0 amide bonds. The molecule has 0 aliphatic heterocycles. The van der Waals surface area contributed by atoms with Gasteiger partial charge < -0.3 is 25.0 Å². The van der Waals surface area contributed by atoms with E-state index in [1.807, 2.05) is 18.2 Å². The first-order valence-corrected chi connectivity index (χ1v) is 9.60. The maximum atomic E-state index is 5.33. The zero-order valence-electron chi connectivity index (χ0n) is 17.7. The molecule has 2 N–H and O–H groups in total. The fourth-order valence-corrected chi connectivity index (χ4v) is 2.84. The molecule has 0 atom stereocenters. The molecule has 0 aliphatic carbocycles. The highest BCUT2D eigenvalue weighted by Gasteiger charge is 2.11. The predicted octanol–water partition coefficient (Wildman–Crippen LogP) is 3.06. The van der Waals surface area contributed by atoms with Crippen LogP contribution in [0.25, 0.3) is 11.1 Å². The first-order chi connectivity index (χ1) is 14.6. The van der Waals surface area contributed by atoms with Crippen LogP contribution in [0, 0.1) is 0 Å². The number of ether oxygens (including phenoxy) is 2. The molecule has 0 aliphatic rings. The zero-order chi connectivity index (χ0) is 21.3. The van der Waals surface area contributed by atoms with Crippen molar-refractivity contribution in [1.29, 1.82) is 0 Å². The smallest absolute Gasteiger partial charge is 0.229 e. The second kappa shape index (κ2) is 10.4. The van der Waals surface area contributed by atoms with Gasteiger partial charge in [0.05, 0.1) is 14.2 Å². The summed E-state index contributed by atoms with van der Waals surface area (Å²) in [6.07, 6.45) is 7.74.